The van der Waals surface area contributed by atoms with Crippen molar-refractivity contribution in [2.45, 2.75) is 30.1 Å². The summed E-state index contributed by atoms with van der Waals surface area (Å²) >= 11 is 1.46. The number of halogens is 1. The molecule has 1 N–H and O–H groups in total. The fraction of sp³-hybridized carbons (Fsp3) is 0.263. The summed E-state index contributed by atoms with van der Waals surface area (Å²) in [4.78, 5) is 0. The van der Waals surface area contributed by atoms with Crippen LogP contribution >= 0.6 is 11.8 Å². The molecule has 1 aromatic heterocycles. The smallest absolute Gasteiger partial charge is 0.191 e. The fourth-order valence-electron chi connectivity index (χ4n) is 2.79. The molecule has 1 atom stereocenters. The third kappa shape index (κ3) is 3.45. The van der Waals surface area contributed by atoms with E-state index in [9.17, 15) is 9.50 Å². The summed E-state index contributed by atoms with van der Waals surface area (Å²) in [5.74, 6) is 0.751. The number of benzene rings is 2. The molecule has 0 radical (unpaired) electrons. The van der Waals surface area contributed by atoms with Crippen molar-refractivity contribution in [3.05, 3.63) is 66.0 Å². The highest BCUT2D eigenvalue weighted by Gasteiger charge is 2.31. The number of nitrogens with zero attached hydrogens (tertiary/aromatic N) is 3. The Bertz CT molecular complexity index is 864. The van der Waals surface area contributed by atoms with E-state index >= 15 is 0 Å². The van der Waals surface area contributed by atoms with E-state index < -0.39 is 6.10 Å². The van der Waals surface area contributed by atoms with E-state index in [1.165, 1.54) is 17.8 Å². The maximum atomic E-state index is 14.2. The second-order valence-corrected chi connectivity index (χ2v) is 7.11. The molecular formula is C19H18FN3OS. The van der Waals surface area contributed by atoms with Crippen LogP contribution in [0.3, 0.4) is 0 Å². The number of hydrogen-bond acceptors (Lipinski definition) is 4. The summed E-state index contributed by atoms with van der Waals surface area (Å²) in [6.07, 6.45) is 1.52. The number of thioether (sulfide) groups is 1. The summed E-state index contributed by atoms with van der Waals surface area (Å²) in [6.45, 7) is 0. The molecule has 1 unspecified atom stereocenters. The van der Waals surface area contributed by atoms with Crippen LogP contribution in [0.5, 0.6) is 0 Å². The van der Waals surface area contributed by atoms with Gasteiger partial charge in [-0.3, -0.25) is 4.57 Å². The Hall–Kier alpha value is -2.18. The Labute approximate surface area is 149 Å². The molecule has 0 saturated heterocycles. The second-order valence-electron chi connectivity index (χ2n) is 6.12. The Morgan fingerprint density at radius 2 is 1.80 bits per heavy atom. The van der Waals surface area contributed by atoms with Crippen LogP contribution in [-0.4, -0.2) is 25.6 Å². The number of aliphatic hydroxyl groups is 1. The van der Waals surface area contributed by atoms with E-state index in [0.29, 0.717) is 23.2 Å². The predicted molar refractivity (Wildman–Crippen MR) is 95.8 cm³/mol. The van der Waals surface area contributed by atoms with Gasteiger partial charge in [-0.05, 0) is 30.5 Å². The largest absolute Gasteiger partial charge is 0.388 e. The van der Waals surface area contributed by atoms with Gasteiger partial charge >= 0.3 is 0 Å². The highest BCUT2D eigenvalue weighted by molar-refractivity contribution is 7.99. The monoisotopic (exact) mass is 355 g/mol. The van der Waals surface area contributed by atoms with Crippen molar-refractivity contribution in [2.24, 2.45) is 0 Å². The molecule has 0 amide bonds. The van der Waals surface area contributed by atoms with Gasteiger partial charge in [0.25, 0.3) is 0 Å². The normalized spacial score (nSPS) is 15.3. The zero-order valence-electron chi connectivity index (χ0n) is 13.5. The molecule has 1 aliphatic carbocycles. The van der Waals surface area contributed by atoms with Crippen LogP contribution in [0.4, 0.5) is 4.39 Å². The Kier molecular flexibility index (Phi) is 4.55. The molecule has 0 aliphatic heterocycles. The lowest BCUT2D eigenvalue weighted by Crippen LogP contribution is -2.04. The minimum Gasteiger partial charge on any atom is -0.388 e. The zero-order valence-corrected chi connectivity index (χ0v) is 14.4. The van der Waals surface area contributed by atoms with Crippen LogP contribution in [0.25, 0.3) is 11.4 Å². The average molecular weight is 355 g/mol. The van der Waals surface area contributed by atoms with Crippen molar-refractivity contribution in [1.82, 2.24) is 14.8 Å². The van der Waals surface area contributed by atoms with Crippen molar-refractivity contribution in [1.29, 1.82) is 0 Å². The van der Waals surface area contributed by atoms with Crippen molar-refractivity contribution in [3.63, 3.8) is 0 Å². The number of aliphatic hydroxyl groups excluding tert-OH is 1. The van der Waals surface area contributed by atoms with Gasteiger partial charge in [0.1, 0.15) is 5.82 Å². The van der Waals surface area contributed by atoms with E-state index in [-0.39, 0.29) is 5.82 Å². The van der Waals surface area contributed by atoms with Crippen LogP contribution in [0.1, 0.15) is 30.6 Å². The summed E-state index contributed by atoms with van der Waals surface area (Å²) < 4.78 is 16.2. The summed E-state index contributed by atoms with van der Waals surface area (Å²) in [6, 6.07) is 16.5. The number of hydrogen-bond donors (Lipinski definition) is 1. The molecule has 4 rings (SSSR count). The van der Waals surface area contributed by atoms with E-state index in [4.69, 9.17) is 0 Å². The first-order chi connectivity index (χ1) is 12.2. The summed E-state index contributed by atoms with van der Waals surface area (Å²) in [7, 11) is 0. The van der Waals surface area contributed by atoms with Crippen molar-refractivity contribution < 1.29 is 9.50 Å². The van der Waals surface area contributed by atoms with Crippen molar-refractivity contribution >= 4 is 11.8 Å². The molecule has 1 heterocycles. The van der Waals surface area contributed by atoms with Gasteiger partial charge in [0.2, 0.25) is 0 Å². The average Bonchev–Trinajstić information content (AvgIpc) is 3.40. The van der Waals surface area contributed by atoms with Gasteiger partial charge in [0.15, 0.2) is 11.0 Å². The molecule has 0 bridgehead atoms. The molecule has 1 aliphatic rings. The molecule has 6 heteroatoms. The Morgan fingerprint density at radius 1 is 1.08 bits per heavy atom. The third-order valence-electron chi connectivity index (χ3n) is 4.25. The molecule has 128 valence electrons. The SMILES string of the molecule is OC(CSc1nnc(-c2ccccc2F)n1C1CC1)c1ccccc1. The molecule has 3 aromatic rings. The molecule has 1 saturated carbocycles. The standard InChI is InChI=1S/C19H18FN3OS/c20-16-9-5-4-8-15(16)18-21-22-19(23(18)14-10-11-14)25-12-17(24)13-6-2-1-3-7-13/h1-9,14,17,24H,10-12H2. The lowest BCUT2D eigenvalue weighted by atomic mass is 10.1. The van der Waals surface area contributed by atoms with Crippen LogP contribution < -0.4 is 0 Å². The molecule has 1 fully saturated rings. The third-order valence-corrected chi connectivity index (χ3v) is 5.26. The van der Waals surface area contributed by atoms with Crippen molar-refractivity contribution in [3.8, 4) is 11.4 Å². The van der Waals surface area contributed by atoms with Crippen LogP contribution in [0.2, 0.25) is 0 Å². The number of rotatable bonds is 6. The Morgan fingerprint density at radius 3 is 2.52 bits per heavy atom. The van der Waals surface area contributed by atoms with Gasteiger partial charge in [0, 0.05) is 11.8 Å². The van der Waals surface area contributed by atoms with Crippen LogP contribution in [0.15, 0.2) is 59.8 Å². The summed E-state index contributed by atoms with van der Waals surface area (Å²) in [5, 5.41) is 19.6. The highest BCUT2D eigenvalue weighted by Crippen LogP contribution is 2.41. The molecule has 2 aromatic carbocycles. The lowest BCUT2D eigenvalue weighted by Gasteiger charge is -2.12. The van der Waals surface area contributed by atoms with Crippen molar-refractivity contribution in [2.75, 3.05) is 5.75 Å². The minimum absolute atomic E-state index is 0.294. The van der Waals surface area contributed by atoms with Gasteiger partial charge in [-0.1, -0.05) is 54.2 Å². The van der Waals surface area contributed by atoms with Gasteiger partial charge in [-0.15, -0.1) is 10.2 Å². The molecule has 25 heavy (non-hydrogen) atoms. The van der Waals surface area contributed by atoms with Gasteiger partial charge in [0.05, 0.1) is 11.7 Å². The predicted octanol–water partition coefficient (Wildman–Crippen LogP) is 4.24. The topological polar surface area (TPSA) is 50.9 Å². The van der Waals surface area contributed by atoms with Gasteiger partial charge in [-0.25, -0.2) is 4.39 Å². The van der Waals surface area contributed by atoms with Crippen LogP contribution in [-0.2, 0) is 0 Å². The van der Waals surface area contributed by atoms with Crippen LogP contribution in [0, 0.1) is 5.82 Å². The van der Waals surface area contributed by atoms with Gasteiger partial charge in [-0.2, -0.15) is 0 Å². The first-order valence-electron chi connectivity index (χ1n) is 8.29. The Balaban J connectivity index is 1.58. The number of aromatic nitrogens is 3. The molecule has 0 spiro atoms. The highest BCUT2D eigenvalue weighted by atomic mass is 32.2. The quantitative estimate of drug-likeness (QED) is 0.672. The van der Waals surface area contributed by atoms with E-state index in [1.54, 1.807) is 18.2 Å². The van der Waals surface area contributed by atoms with E-state index in [0.717, 1.165) is 23.6 Å². The second kappa shape index (κ2) is 6.98. The fourth-order valence-corrected chi connectivity index (χ4v) is 3.76. The van der Waals surface area contributed by atoms with E-state index in [2.05, 4.69) is 10.2 Å². The molecular weight excluding hydrogens is 337 g/mol. The summed E-state index contributed by atoms with van der Waals surface area (Å²) in [5.41, 5.74) is 1.35. The lowest BCUT2D eigenvalue weighted by molar-refractivity contribution is 0.204. The van der Waals surface area contributed by atoms with Gasteiger partial charge < -0.3 is 5.11 Å². The first kappa shape index (κ1) is 16.3. The van der Waals surface area contributed by atoms with E-state index in [1.807, 2.05) is 34.9 Å². The maximum absolute atomic E-state index is 14.2. The maximum Gasteiger partial charge on any atom is 0.191 e. The first-order valence-corrected chi connectivity index (χ1v) is 9.28. The molecule has 4 nitrogen and oxygen atoms in total. The zero-order chi connectivity index (χ0) is 17.2. The minimum atomic E-state index is -0.576.